The minimum Gasteiger partial charge on any atom is -0.496 e. The normalized spacial score (nSPS) is 14.4. The molecule has 38 heavy (non-hydrogen) atoms. The molecule has 0 radical (unpaired) electrons. The van der Waals surface area contributed by atoms with E-state index in [4.69, 9.17) is 35.9 Å². The molecule has 0 saturated heterocycles. The maximum Gasteiger partial charge on any atom is 0.255 e. The van der Waals surface area contributed by atoms with E-state index in [2.05, 4.69) is 15.6 Å². The van der Waals surface area contributed by atoms with Gasteiger partial charge in [0.05, 0.1) is 38.8 Å². The van der Waals surface area contributed by atoms with Crippen molar-refractivity contribution in [3.05, 3.63) is 82.8 Å². The molecular weight excluding hydrogens is 508 g/mol. The van der Waals surface area contributed by atoms with Gasteiger partial charge in [-0.15, -0.1) is 5.10 Å². The Hall–Kier alpha value is -4.57. The Labute approximate surface area is 224 Å². The van der Waals surface area contributed by atoms with E-state index < -0.39 is 6.04 Å². The van der Waals surface area contributed by atoms with Crippen molar-refractivity contribution in [1.29, 1.82) is 0 Å². The maximum absolute atomic E-state index is 13.8. The lowest BCUT2D eigenvalue weighted by Gasteiger charge is -2.30. The fraction of sp³-hybridized carbons (Fsp3) is 0.185. The third-order valence-corrected chi connectivity index (χ3v) is 6.40. The number of fused-ring (bicyclic) bond motifs is 1. The summed E-state index contributed by atoms with van der Waals surface area (Å²) in [5.74, 6) is 2.06. The van der Waals surface area contributed by atoms with Gasteiger partial charge in [-0.1, -0.05) is 11.6 Å². The molecule has 1 aliphatic rings. The predicted molar refractivity (Wildman–Crippen MR) is 144 cm³/mol. The SMILES string of the molecule is COc1cc(OC)c(C2C(C(=O)Nc3cccnc3)=C(C)Nc3nc(-c4ccc(Cl)cc4)nn32)cc1OC. The zero-order valence-corrected chi connectivity index (χ0v) is 21.9. The average Bonchev–Trinajstić information content (AvgIpc) is 3.35. The number of aromatic nitrogens is 4. The van der Waals surface area contributed by atoms with Crippen LogP contribution < -0.4 is 24.8 Å². The first-order chi connectivity index (χ1) is 18.4. The third-order valence-electron chi connectivity index (χ3n) is 6.15. The Morgan fingerprint density at radius 1 is 1.03 bits per heavy atom. The van der Waals surface area contributed by atoms with Gasteiger partial charge in [0.2, 0.25) is 5.95 Å². The van der Waals surface area contributed by atoms with Crippen molar-refractivity contribution in [2.45, 2.75) is 13.0 Å². The molecular formula is C27H25ClN6O4. The highest BCUT2D eigenvalue weighted by Crippen LogP contribution is 2.44. The molecule has 194 valence electrons. The van der Waals surface area contributed by atoms with E-state index in [0.717, 1.165) is 5.56 Å². The summed E-state index contributed by atoms with van der Waals surface area (Å²) in [5.41, 5.74) is 2.99. The summed E-state index contributed by atoms with van der Waals surface area (Å²) in [4.78, 5) is 22.6. The molecule has 11 heteroatoms. The monoisotopic (exact) mass is 532 g/mol. The number of anilines is 2. The van der Waals surface area contributed by atoms with Crippen molar-refractivity contribution >= 4 is 29.1 Å². The van der Waals surface area contributed by atoms with Crippen LogP contribution in [0.15, 0.2) is 72.2 Å². The van der Waals surface area contributed by atoms with Crippen molar-refractivity contribution in [2.24, 2.45) is 0 Å². The molecule has 1 atom stereocenters. The number of allylic oxidation sites excluding steroid dienone is 1. The van der Waals surface area contributed by atoms with Crippen LogP contribution in [0.25, 0.3) is 11.4 Å². The topological polar surface area (TPSA) is 112 Å². The molecule has 4 aromatic rings. The summed E-state index contributed by atoms with van der Waals surface area (Å²) in [7, 11) is 4.65. The van der Waals surface area contributed by atoms with Crippen LogP contribution in [-0.4, -0.2) is 47.0 Å². The number of ether oxygens (including phenoxy) is 3. The molecule has 1 unspecified atom stereocenters. The number of benzene rings is 2. The molecule has 0 bridgehead atoms. The van der Waals surface area contributed by atoms with Gasteiger partial charge < -0.3 is 24.8 Å². The van der Waals surface area contributed by atoms with Gasteiger partial charge in [-0.2, -0.15) is 4.98 Å². The van der Waals surface area contributed by atoms with Gasteiger partial charge in [0.15, 0.2) is 17.3 Å². The summed E-state index contributed by atoms with van der Waals surface area (Å²) >= 11 is 6.08. The number of nitrogens with one attached hydrogen (secondary N) is 2. The van der Waals surface area contributed by atoms with E-state index >= 15 is 0 Å². The van der Waals surface area contributed by atoms with Crippen LogP contribution in [0.4, 0.5) is 11.6 Å². The Morgan fingerprint density at radius 3 is 2.39 bits per heavy atom. The molecule has 1 aliphatic heterocycles. The number of amides is 1. The van der Waals surface area contributed by atoms with Crippen LogP contribution in [0, 0.1) is 0 Å². The largest absolute Gasteiger partial charge is 0.496 e. The average molecular weight is 533 g/mol. The first-order valence-corrected chi connectivity index (χ1v) is 12.0. The molecule has 2 aromatic heterocycles. The quantitative estimate of drug-likeness (QED) is 0.344. The lowest BCUT2D eigenvalue weighted by atomic mass is 9.93. The van der Waals surface area contributed by atoms with E-state index in [9.17, 15) is 4.79 Å². The van der Waals surface area contributed by atoms with Crippen molar-refractivity contribution < 1.29 is 19.0 Å². The standard InChI is InChI=1S/C27H25ClN6O4/c1-15-23(26(35)31-18-6-5-11-29-14-18)24(19-12-21(37-3)22(38-4)13-20(19)36-2)34-27(30-15)32-25(33-34)16-7-9-17(28)10-8-16/h5-14,24H,1-4H3,(H,31,35)(H,30,32,33). The number of carbonyl (C=O) groups excluding carboxylic acids is 1. The van der Waals surface area contributed by atoms with Gasteiger partial charge in [-0.25, -0.2) is 4.68 Å². The van der Waals surface area contributed by atoms with Crippen LogP contribution in [0.5, 0.6) is 17.2 Å². The number of hydrogen-bond donors (Lipinski definition) is 2. The van der Waals surface area contributed by atoms with Gasteiger partial charge >= 0.3 is 0 Å². The van der Waals surface area contributed by atoms with Crippen LogP contribution in [0.2, 0.25) is 5.02 Å². The van der Waals surface area contributed by atoms with Crippen molar-refractivity contribution in [3.63, 3.8) is 0 Å². The summed E-state index contributed by atoms with van der Waals surface area (Å²) in [5, 5.41) is 11.6. The summed E-state index contributed by atoms with van der Waals surface area (Å²) < 4.78 is 18.5. The smallest absolute Gasteiger partial charge is 0.255 e. The molecule has 2 aromatic carbocycles. The Balaban J connectivity index is 1.69. The molecule has 2 N–H and O–H groups in total. The fourth-order valence-electron chi connectivity index (χ4n) is 4.36. The molecule has 0 fully saturated rings. The van der Waals surface area contributed by atoms with Crippen LogP contribution in [0.1, 0.15) is 18.5 Å². The zero-order chi connectivity index (χ0) is 26.8. The van der Waals surface area contributed by atoms with Crippen LogP contribution in [0.3, 0.4) is 0 Å². The van der Waals surface area contributed by atoms with Gasteiger partial charge in [0.1, 0.15) is 11.8 Å². The second-order valence-corrected chi connectivity index (χ2v) is 8.86. The van der Waals surface area contributed by atoms with Crippen molar-refractivity contribution in [1.82, 2.24) is 19.7 Å². The summed E-state index contributed by atoms with van der Waals surface area (Å²) in [6.45, 7) is 1.82. The predicted octanol–water partition coefficient (Wildman–Crippen LogP) is 4.95. The number of nitrogens with zero attached hydrogens (tertiary/aromatic N) is 4. The van der Waals surface area contributed by atoms with Gasteiger partial charge in [-0.05, 0) is 49.4 Å². The van der Waals surface area contributed by atoms with Crippen LogP contribution >= 0.6 is 11.6 Å². The third kappa shape index (κ3) is 4.61. The van der Waals surface area contributed by atoms with Gasteiger partial charge in [0.25, 0.3) is 5.91 Å². The number of carbonyl (C=O) groups is 1. The second-order valence-electron chi connectivity index (χ2n) is 8.42. The second kappa shape index (κ2) is 10.4. The molecule has 0 saturated carbocycles. The number of halogens is 1. The lowest BCUT2D eigenvalue weighted by Crippen LogP contribution is -2.31. The Kier molecular flexibility index (Phi) is 6.89. The summed E-state index contributed by atoms with van der Waals surface area (Å²) in [6.07, 6.45) is 3.22. The first-order valence-electron chi connectivity index (χ1n) is 11.6. The van der Waals surface area contributed by atoms with E-state index in [1.165, 1.54) is 0 Å². The van der Waals surface area contributed by atoms with Crippen molar-refractivity contribution in [3.8, 4) is 28.6 Å². The Bertz CT molecular complexity index is 1520. The maximum atomic E-state index is 13.8. The molecule has 3 heterocycles. The van der Waals surface area contributed by atoms with E-state index in [1.54, 1.807) is 74.8 Å². The lowest BCUT2D eigenvalue weighted by molar-refractivity contribution is -0.113. The zero-order valence-electron chi connectivity index (χ0n) is 21.2. The van der Waals surface area contributed by atoms with E-state index in [1.807, 2.05) is 19.1 Å². The highest BCUT2D eigenvalue weighted by Gasteiger charge is 2.37. The van der Waals surface area contributed by atoms with Gasteiger partial charge in [-0.3, -0.25) is 9.78 Å². The molecule has 5 rings (SSSR count). The Morgan fingerprint density at radius 2 is 1.74 bits per heavy atom. The van der Waals surface area contributed by atoms with E-state index in [0.29, 0.717) is 56.6 Å². The summed E-state index contributed by atoms with van der Waals surface area (Å²) in [6, 6.07) is 13.5. The molecule has 0 spiro atoms. The molecule has 0 aliphatic carbocycles. The number of methoxy groups -OCH3 is 3. The highest BCUT2D eigenvalue weighted by atomic mass is 35.5. The van der Waals surface area contributed by atoms with Crippen LogP contribution in [-0.2, 0) is 4.79 Å². The minimum atomic E-state index is -0.716. The number of hydrogen-bond acceptors (Lipinski definition) is 8. The molecule has 1 amide bonds. The number of rotatable bonds is 7. The minimum absolute atomic E-state index is 0.334. The van der Waals surface area contributed by atoms with Gasteiger partial charge in [0, 0.05) is 34.1 Å². The highest BCUT2D eigenvalue weighted by molar-refractivity contribution is 6.30. The van der Waals surface area contributed by atoms with Crippen molar-refractivity contribution in [2.75, 3.05) is 32.0 Å². The first kappa shape index (κ1) is 25.1. The number of pyridine rings is 1. The molecule has 10 nitrogen and oxygen atoms in total. The fourth-order valence-corrected chi connectivity index (χ4v) is 4.48. The van der Waals surface area contributed by atoms with E-state index in [-0.39, 0.29) is 5.91 Å².